The number of nitrogens with one attached hydrogen (secondary N) is 1. The van der Waals surface area contributed by atoms with E-state index in [1.807, 2.05) is 0 Å². The molecule has 0 spiro atoms. The van der Waals surface area contributed by atoms with Gasteiger partial charge in [0.1, 0.15) is 11.6 Å². The minimum absolute atomic E-state index is 0.0356. The number of amides is 1. The molecule has 0 saturated carbocycles. The predicted molar refractivity (Wildman–Crippen MR) is 77.1 cm³/mol. The first-order valence-electron chi connectivity index (χ1n) is 5.50. The van der Waals surface area contributed by atoms with Crippen LogP contribution < -0.4 is 11.1 Å². The SMILES string of the molecule is Cc1cccc(C(=O)Nc2ncc(N)cc2Br)c1O. The van der Waals surface area contributed by atoms with Crippen molar-refractivity contribution in [2.75, 3.05) is 11.1 Å². The molecule has 6 heteroatoms. The van der Waals surface area contributed by atoms with Crippen molar-refractivity contribution in [3.05, 3.63) is 46.1 Å². The summed E-state index contributed by atoms with van der Waals surface area (Å²) >= 11 is 3.26. The Morgan fingerprint density at radius 3 is 2.89 bits per heavy atom. The van der Waals surface area contributed by atoms with E-state index in [9.17, 15) is 9.90 Å². The van der Waals surface area contributed by atoms with Gasteiger partial charge in [0.25, 0.3) is 5.91 Å². The molecule has 0 radical (unpaired) electrons. The van der Waals surface area contributed by atoms with Crippen LogP contribution in [0.5, 0.6) is 5.75 Å². The molecule has 2 rings (SSSR count). The number of halogens is 1. The molecule has 0 fully saturated rings. The van der Waals surface area contributed by atoms with Crippen molar-refractivity contribution >= 4 is 33.3 Å². The maximum absolute atomic E-state index is 12.1. The second-order valence-corrected chi connectivity index (χ2v) is 4.88. The van der Waals surface area contributed by atoms with Crippen LogP contribution in [0.1, 0.15) is 15.9 Å². The number of carbonyl (C=O) groups excluding carboxylic acids is 1. The molecule has 0 aliphatic carbocycles. The van der Waals surface area contributed by atoms with Gasteiger partial charge in [-0.15, -0.1) is 0 Å². The first-order chi connectivity index (χ1) is 8.99. The summed E-state index contributed by atoms with van der Waals surface area (Å²) in [6.45, 7) is 1.73. The van der Waals surface area contributed by atoms with Crippen molar-refractivity contribution in [3.63, 3.8) is 0 Å². The Kier molecular flexibility index (Phi) is 3.71. The highest BCUT2D eigenvalue weighted by Gasteiger charge is 2.14. The lowest BCUT2D eigenvalue weighted by Gasteiger charge is -2.09. The number of aromatic nitrogens is 1. The average molecular weight is 322 g/mol. The van der Waals surface area contributed by atoms with E-state index in [4.69, 9.17) is 5.73 Å². The Hall–Kier alpha value is -2.08. The van der Waals surface area contributed by atoms with Gasteiger partial charge in [-0.3, -0.25) is 4.79 Å². The second kappa shape index (κ2) is 5.27. The topological polar surface area (TPSA) is 88.2 Å². The summed E-state index contributed by atoms with van der Waals surface area (Å²) in [5, 5.41) is 12.5. The van der Waals surface area contributed by atoms with Gasteiger partial charge in [-0.2, -0.15) is 0 Å². The summed E-state index contributed by atoms with van der Waals surface area (Å²) in [6, 6.07) is 6.61. The van der Waals surface area contributed by atoms with E-state index in [0.29, 0.717) is 21.5 Å². The summed E-state index contributed by atoms with van der Waals surface area (Å²) in [5.74, 6) is -0.120. The normalized spacial score (nSPS) is 10.2. The van der Waals surface area contributed by atoms with Crippen LogP contribution >= 0.6 is 15.9 Å². The average Bonchev–Trinajstić information content (AvgIpc) is 2.36. The number of phenolic OH excluding ortho intramolecular Hbond substituents is 1. The van der Waals surface area contributed by atoms with Crippen molar-refractivity contribution in [3.8, 4) is 5.75 Å². The molecule has 4 N–H and O–H groups in total. The number of carbonyl (C=O) groups is 1. The Labute approximate surface area is 118 Å². The van der Waals surface area contributed by atoms with Gasteiger partial charge in [-0.1, -0.05) is 12.1 Å². The zero-order valence-corrected chi connectivity index (χ0v) is 11.7. The molecule has 1 aromatic carbocycles. The molecule has 0 unspecified atom stereocenters. The van der Waals surface area contributed by atoms with Crippen LogP contribution in [0.3, 0.4) is 0 Å². The fraction of sp³-hybridized carbons (Fsp3) is 0.0769. The number of aromatic hydroxyl groups is 1. The fourth-order valence-electron chi connectivity index (χ4n) is 1.56. The third kappa shape index (κ3) is 2.85. The summed E-state index contributed by atoms with van der Waals surface area (Å²) in [7, 11) is 0. The second-order valence-electron chi connectivity index (χ2n) is 4.02. The van der Waals surface area contributed by atoms with Gasteiger partial charge < -0.3 is 16.2 Å². The quantitative estimate of drug-likeness (QED) is 0.793. The Balaban J connectivity index is 2.28. The van der Waals surface area contributed by atoms with Crippen molar-refractivity contribution in [2.24, 2.45) is 0 Å². The third-order valence-corrected chi connectivity index (χ3v) is 3.18. The first kappa shape index (κ1) is 13.4. The van der Waals surface area contributed by atoms with E-state index in [1.165, 1.54) is 6.20 Å². The largest absolute Gasteiger partial charge is 0.507 e. The van der Waals surface area contributed by atoms with Crippen LogP contribution in [0.25, 0.3) is 0 Å². The fourth-order valence-corrected chi connectivity index (χ4v) is 2.03. The lowest BCUT2D eigenvalue weighted by atomic mass is 10.1. The Morgan fingerprint density at radius 2 is 2.21 bits per heavy atom. The number of pyridine rings is 1. The van der Waals surface area contributed by atoms with Gasteiger partial charge in [0.15, 0.2) is 0 Å². The number of phenols is 1. The molecule has 0 aliphatic rings. The van der Waals surface area contributed by atoms with Crippen LogP contribution in [0.2, 0.25) is 0 Å². The number of nitrogens with two attached hydrogens (primary N) is 1. The predicted octanol–water partition coefficient (Wildman–Crippen LogP) is 2.69. The van der Waals surface area contributed by atoms with E-state index in [-0.39, 0.29) is 11.3 Å². The van der Waals surface area contributed by atoms with Crippen LogP contribution in [-0.2, 0) is 0 Å². The van der Waals surface area contributed by atoms with Crippen LogP contribution in [0.15, 0.2) is 34.9 Å². The number of benzene rings is 1. The molecule has 0 saturated heterocycles. The van der Waals surface area contributed by atoms with Gasteiger partial charge >= 0.3 is 0 Å². The van der Waals surface area contributed by atoms with Crippen LogP contribution in [0, 0.1) is 6.92 Å². The summed E-state index contributed by atoms with van der Waals surface area (Å²) in [6.07, 6.45) is 1.44. The number of nitrogens with zero attached hydrogens (tertiary/aromatic N) is 1. The Bertz CT molecular complexity index is 644. The molecule has 5 nitrogen and oxygen atoms in total. The molecule has 1 amide bonds. The molecule has 0 atom stereocenters. The van der Waals surface area contributed by atoms with E-state index >= 15 is 0 Å². The molecule has 0 aliphatic heterocycles. The van der Waals surface area contributed by atoms with E-state index in [2.05, 4.69) is 26.2 Å². The van der Waals surface area contributed by atoms with Gasteiger partial charge in [0.2, 0.25) is 0 Å². The van der Waals surface area contributed by atoms with E-state index in [1.54, 1.807) is 31.2 Å². The monoisotopic (exact) mass is 321 g/mol. The Morgan fingerprint density at radius 1 is 1.47 bits per heavy atom. The number of rotatable bonds is 2. The van der Waals surface area contributed by atoms with Gasteiger partial charge in [0.05, 0.1) is 21.9 Å². The lowest BCUT2D eigenvalue weighted by Crippen LogP contribution is -2.14. The number of hydrogen-bond donors (Lipinski definition) is 3. The maximum Gasteiger partial charge on any atom is 0.260 e. The number of aryl methyl sites for hydroxylation is 1. The van der Waals surface area contributed by atoms with Gasteiger partial charge in [0, 0.05) is 0 Å². The van der Waals surface area contributed by atoms with Crippen molar-refractivity contribution in [1.82, 2.24) is 4.98 Å². The number of hydrogen-bond acceptors (Lipinski definition) is 4. The summed E-state index contributed by atoms with van der Waals surface area (Å²) in [5.41, 5.74) is 6.89. The summed E-state index contributed by atoms with van der Waals surface area (Å²) < 4.78 is 0.577. The van der Waals surface area contributed by atoms with Gasteiger partial charge in [-0.05, 0) is 40.5 Å². The minimum atomic E-state index is -0.431. The zero-order valence-electron chi connectivity index (χ0n) is 10.1. The highest BCUT2D eigenvalue weighted by molar-refractivity contribution is 9.10. The number of para-hydroxylation sites is 1. The van der Waals surface area contributed by atoms with E-state index < -0.39 is 5.91 Å². The first-order valence-corrected chi connectivity index (χ1v) is 6.29. The minimum Gasteiger partial charge on any atom is -0.507 e. The molecule has 1 heterocycles. The number of anilines is 2. The molecule has 2 aromatic rings. The molecular formula is C13H12BrN3O2. The van der Waals surface area contributed by atoms with Crippen molar-refractivity contribution in [2.45, 2.75) is 6.92 Å². The highest BCUT2D eigenvalue weighted by Crippen LogP contribution is 2.25. The zero-order chi connectivity index (χ0) is 14.0. The smallest absolute Gasteiger partial charge is 0.260 e. The van der Waals surface area contributed by atoms with E-state index in [0.717, 1.165) is 0 Å². The van der Waals surface area contributed by atoms with Crippen molar-refractivity contribution in [1.29, 1.82) is 0 Å². The number of nitrogen functional groups attached to an aromatic ring is 1. The van der Waals surface area contributed by atoms with Crippen LogP contribution in [0.4, 0.5) is 11.5 Å². The molecular weight excluding hydrogens is 310 g/mol. The lowest BCUT2D eigenvalue weighted by molar-refractivity contribution is 0.102. The van der Waals surface area contributed by atoms with Crippen LogP contribution in [-0.4, -0.2) is 16.0 Å². The third-order valence-electron chi connectivity index (χ3n) is 2.58. The standard InChI is InChI=1S/C13H12BrN3O2/c1-7-3-2-4-9(11(7)18)13(19)17-12-10(14)5-8(15)6-16-12/h2-6,18H,15H2,1H3,(H,16,17,19). The molecule has 98 valence electrons. The summed E-state index contributed by atoms with van der Waals surface area (Å²) in [4.78, 5) is 16.1. The molecule has 0 bridgehead atoms. The van der Waals surface area contributed by atoms with Crippen molar-refractivity contribution < 1.29 is 9.90 Å². The molecule has 1 aromatic heterocycles. The highest BCUT2D eigenvalue weighted by atomic mass is 79.9. The molecule has 19 heavy (non-hydrogen) atoms. The van der Waals surface area contributed by atoms with Gasteiger partial charge in [-0.25, -0.2) is 4.98 Å². The maximum atomic E-state index is 12.1.